The molecule has 7 nitrogen and oxygen atoms in total. The number of nitrogens with one attached hydrogen (secondary N) is 1. The molecule has 0 aliphatic rings. The van der Waals surface area contributed by atoms with E-state index in [0.29, 0.717) is 11.7 Å². The summed E-state index contributed by atoms with van der Waals surface area (Å²) < 4.78 is 41.8. The van der Waals surface area contributed by atoms with Crippen LogP contribution in [0.3, 0.4) is 0 Å². The number of anilines is 2. The lowest BCUT2D eigenvalue weighted by Crippen LogP contribution is -2.12. The van der Waals surface area contributed by atoms with Crippen molar-refractivity contribution in [3.8, 4) is 0 Å². The van der Waals surface area contributed by atoms with Crippen LogP contribution in [0.2, 0.25) is 0 Å². The highest BCUT2D eigenvalue weighted by atomic mass is 19.4. The number of nitrogens with zero attached hydrogens (tertiary/aromatic N) is 6. The average molecular weight is 339 g/mol. The normalized spacial score (nSPS) is 12.2. The molecule has 0 aliphatic heterocycles. The topological polar surface area (TPSA) is 72.9 Å². The number of aromatic nitrogens is 6. The van der Waals surface area contributed by atoms with Crippen molar-refractivity contribution in [1.29, 1.82) is 0 Å². The average Bonchev–Trinajstić information content (AvgIpc) is 3.12. The minimum Gasteiger partial charge on any atom is -0.323 e. The van der Waals surface area contributed by atoms with E-state index in [0.717, 1.165) is 25.4 Å². The second-order valence-corrected chi connectivity index (χ2v) is 5.77. The predicted molar refractivity (Wildman–Crippen MR) is 80.7 cm³/mol. The first-order valence-electron chi connectivity index (χ1n) is 7.41. The zero-order valence-corrected chi connectivity index (χ0v) is 13.1. The molecule has 0 bridgehead atoms. The number of hydrogen-bond donors (Lipinski definition) is 1. The highest BCUT2D eigenvalue weighted by Crippen LogP contribution is 2.30. The predicted octanol–water partition coefficient (Wildman–Crippen LogP) is 3.13. The number of fused-ring (bicyclic) bond motifs is 1. The Balaban J connectivity index is 1.88. The highest BCUT2D eigenvalue weighted by molar-refractivity contribution is 5.55. The van der Waals surface area contributed by atoms with Crippen molar-refractivity contribution in [3.63, 3.8) is 0 Å². The standard InChI is InChI=1S/C14H16F3N7/c1-9(2)3-5-23-6-4-11(22-23)21-12-7-10(14(15,16)17)20-13-18-8-19-24(12)13/h4,6-9H,3,5H2,1-2H3,(H,21,22). The van der Waals surface area contributed by atoms with Crippen molar-refractivity contribution in [2.24, 2.45) is 5.92 Å². The van der Waals surface area contributed by atoms with E-state index >= 15 is 0 Å². The second kappa shape index (κ2) is 6.10. The van der Waals surface area contributed by atoms with E-state index in [1.165, 1.54) is 4.52 Å². The van der Waals surface area contributed by atoms with Gasteiger partial charge in [0.2, 0.25) is 0 Å². The fourth-order valence-corrected chi connectivity index (χ4v) is 2.12. The minimum atomic E-state index is -4.57. The van der Waals surface area contributed by atoms with Gasteiger partial charge in [0.25, 0.3) is 5.78 Å². The van der Waals surface area contributed by atoms with E-state index in [2.05, 4.69) is 39.3 Å². The first-order valence-corrected chi connectivity index (χ1v) is 7.41. The van der Waals surface area contributed by atoms with Gasteiger partial charge in [-0.15, -0.1) is 0 Å². The third-order valence-corrected chi connectivity index (χ3v) is 3.37. The largest absolute Gasteiger partial charge is 0.433 e. The molecule has 10 heteroatoms. The fourth-order valence-electron chi connectivity index (χ4n) is 2.12. The number of rotatable bonds is 5. The number of hydrogen-bond acceptors (Lipinski definition) is 5. The first-order chi connectivity index (χ1) is 11.3. The maximum absolute atomic E-state index is 13.0. The monoisotopic (exact) mass is 339 g/mol. The zero-order valence-electron chi connectivity index (χ0n) is 13.1. The van der Waals surface area contributed by atoms with E-state index in [1.54, 1.807) is 16.9 Å². The third-order valence-electron chi connectivity index (χ3n) is 3.37. The maximum Gasteiger partial charge on any atom is 0.433 e. The van der Waals surface area contributed by atoms with Gasteiger partial charge in [-0.3, -0.25) is 4.68 Å². The quantitative estimate of drug-likeness (QED) is 0.773. The summed E-state index contributed by atoms with van der Waals surface area (Å²) >= 11 is 0. The number of halogens is 3. The minimum absolute atomic E-state index is 0.0962. The molecule has 0 spiro atoms. The summed E-state index contributed by atoms with van der Waals surface area (Å²) in [6.45, 7) is 4.96. The fraction of sp³-hybridized carbons (Fsp3) is 0.429. The van der Waals surface area contributed by atoms with E-state index in [9.17, 15) is 13.2 Å². The molecular weight excluding hydrogens is 323 g/mol. The maximum atomic E-state index is 13.0. The first kappa shape index (κ1) is 16.2. The Morgan fingerprint density at radius 3 is 2.79 bits per heavy atom. The summed E-state index contributed by atoms with van der Waals surface area (Å²) in [5, 5.41) is 11.0. The van der Waals surface area contributed by atoms with Gasteiger partial charge in [-0.2, -0.15) is 32.9 Å². The lowest BCUT2D eigenvalue weighted by Gasteiger charge is -2.10. The molecule has 0 radical (unpaired) electrons. The van der Waals surface area contributed by atoms with Crippen LogP contribution < -0.4 is 5.32 Å². The van der Waals surface area contributed by atoms with Gasteiger partial charge >= 0.3 is 6.18 Å². The van der Waals surface area contributed by atoms with Crippen molar-refractivity contribution in [2.75, 3.05) is 5.32 Å². The van der Waals surface area contributed by atoms with E-state index < -0.39 is 11.9 Å². The Morgan fingerprint density at radius 1 is 1.29 bits per heavy atom. The summed E-state index contributed by atoms with van der Waals surface area (Å²) in [5.74, 6) is 0.926. The molecule has 0 atom stereocenters. The van der Waals surface area contributed by atoms with E-state index in [4.69, 9.17) is 0 Å². The van der Waals surface area contributed by atoms with Crippen LogP contribution in [0.1, 0.15) is 26.0 Å². The van der Waals surface area contributed by atoms with E-state index in [-0.39, 0.29) is 11.6 Å². The molecule has 3 rings (SSSR count). The van der Waals surface area contributed by atoms with Crippen molar-refractivity contribution in [3.05, 3.63) is 30.4 Å². The molecule has 24 heavy (non-hydrogen) atoms. The molecule has 0 amide bonds. The molecule has 1 N–H and O–H groups in total. The molecule has 0 aliphatic carbocycles. The van der Waals surface area contributed by atoms with Gasteiger partial charge in [-0.05, 0) is 12.3 Å². The van der Waals surface area contributed by atoms with Crippen molar-refractivity contribution in [1.82, 2.24) is 29.4 Å². The molecule has 128 valence electrons. The van der Waals surface area contributed by atoms with Crippen molar-refractivity contribution in [2.45, 2.75) is 33.0 Å². The third kappa shape index (κ3) is 3.47. The van der Waals surface area contributed by atoms with Crippen LogP contribution in [-0.4, -0.2) is 29.4 Å². The summed E-state index contributed by atoms with van der Waals surface area (Å²) in [5.41, 5.74) is -1.04. The molecular formula is C14H16F3N7. The summed E-state index contributed by atoms with van der Waals surface area (Å²) in [7, 11) is 0. The van der Waals surface area contributed by atoms with Crippen molar-refractivity contribution >= 4 is 17.4 Å². The molecule has 3 aromatic rings. The van der Waals surface area contributed by atoms with Gasteiger partial charge in [0.15, 0.2) is 11.5 Å². The Hall–Kier alpha value is -2.65. The second-order valence-electron chi connectivity index (χ2n) is 5.77. The van der Waals surface area contributed by atoms with Gasteiger partial charge < -0.3 is 5.32 Å². The van der Waals surface area contributed by atoms with E-state index in [1.807, 2.05) is 0 Å². The van der Waals surface area contributed by atoms with Crippen LogP contribution in [-0.2, 0) is 12.7 Å². The van der Waals surface area contributed by atoms with Crippen LogP contribution in [0, 0.1) is 5.92 Å². The smallest absolute Gasteiger partial charge is 0.323 e. The number of aryl methyl sites for hydroxylation is 1. The van der Waals surface area contributed by atoms with Crippen LogP contribution in [0.5, 0.6) is 0 Å². The lowest BCUT2D eigenvalue weighted by molar-refractivity contribution is -0.141. The van der Waals surface area contributed by atoms with Crippen molar-refractivity contribution < 1.29 is 13.2 Å². The summed E-state index contributed by atoms with van der Waals surface area (Å²) in [4.78, 5) is 7.19. The molecule has 0 aromatic carbocycles. The molecule has 0 saturated heterocycles. The van der Waals surface area contributed by atoms with Gasteiger partial charge in [0.1, 0.15) is 12.1 Å². The molecule has 3 aromatic heterocycles. The molecule has 3 heterocycles. The summed E-state index contributed by atoms with van der Waals surface area (Å²) in [6, 6.07) is 2.57. The molecule has 0 unspecified atom stereocenters. The number of alkyl halides is 3. The van der Waals surface area contributed by atoms with Gasteiger partial charge in [-0.25, -0.2) is 4.98 Å². The SMILES string of the molecule is CC(C)CCn1ccc(Nc2cc(C(F)(F)F)nc3ncnn23)n1. The van der Waals surface area contributed by atoms with Gasteiger partial charge in [0.05, 0.1) is 0 Å². The Labute approximate surface area is 135 Å². The summed E-state index contributed by atoms with van der Waals surface area (Å²) in [6.07, 6.45) is -0.688. The molecule has 0 saturated carbocycles. The highest BCUT2D eigenvalue weighted by Gasteiger charge is 2.34. The van der Waals surface area contributed by atoms with Crippen LogP contribution in [0.4, 0.5) is 24.8 Å². The zero-order chi connectivity index (χ0) is 17.3. The van der Waals surface area contributed by atoms with Crippen LogP contribution in [0.15, 0.2) is 24.7 Å². The van der Waals surface area contributed by atoms with Gasteiger partial charge in [-0.1, -0.05) is 13.8 Å². The molecule has 0 fully saturated rings. The van der Waals surface area contributed by atoms with Crippen LogP contribution >= 0.6 is 0 Å². The Morgan fingerprint density at radius 2 is 2.08 bits per heavy atom. The Kier molecular flexibility index (Phi) is 4.12. The van der Waals surface area contributed by atoms with Crippen LogP contribution in [0.25, 0.3) is 5.78 Å². The Bertz CT molecular complexity index is 834. The van der Waals surface area contributed by atoms with Gasteiger partial charge in [0, 0.05) is 24.9 Å². The lowest BCUT2D eigenvalue weighted by atomic mass is 10.1.